The Morgan fingerprint density at radius 3 is 2.14 bits per heavy atom. The van der Waals surface area contributed by atoms with Crippen molar-refractivity contribution in [1.29, 1.82) is 0 Å². The molecule has 1 heterocycles. The van der Waals surface area contributed by atoms with Crippen molar-refractivity contribution in [3.05, 3.63) is 30.1 Å². The molecule has 0 radical (unpaired) electrons. The van der Waals surface area contributed by atoms with Crippen LogP contribution in [0.3, 0.4) is 0 Å². The number of rotatable bonds is 3. The van der Waals surface area contributed by atoms with Crippen LogP contribution in [0.15, 0.2) is 24.5 Å². The minimum absolute atomic E-state index is 0. The summed E-state index contributed by atoms with van der Waals surface area (Å²) in [4.78, 5) is 16.4. The number of nitrogens with one attached hydrogen (secondary N) is 1. The fourth-order valence-corrected chi connectivity index (χ4v) is 5.64. The van der Waals surface area contributed by atoms with Crippen molar-refractivity contribution >= 4 is 18.3 Å². The quantitative estimate of drug-likeness (QED) is 0.919. The lowest BCUT2D eigenvalue weighted by Crippen LogP contribution is -2.55. The zero-order valence-electron chi connectivity index (χ0n) is 13.1. The molecule has 1 amide bonds. The average Bonchev–Trinajstić information content (AvgIpc) is 2.46. The van der Waals surface area contributed by atoms with Gasteiger partial charge in [-0.05, 0) is 80.8 Å². The third-order valence-corrected chi connectivity index (χ3v) is 6.29. The van der Waals surface area contributed by atoms with Gasteiger partial charge < -0.3 is 5.32 Å². The van der Waals surface area contributed by atoms with Crippen molar-refractivity contribution in [3.8, 4) is 0 Å². The van der Waals surface area contributed by atoms with Crippen LogP contribution >= 0.6 is 12.4 Å². The Balaban J connectivity index is 0.00000144. The number of pyridine rings is 1. The Labute approximate surface area is 138 Å². The molecule has 0 saturated heterocycles. The highest BCUT2D eigenvalue weighted by Crippen LogP contribution is 2.61. The van der Waals surface area contributed by atoms with Crippen molar-refractivity contribution in [2.24, 2.45) is 23.2 Å². The molecule has 1 atom stereocenters. The van der Waals surface area contributed by atoms with Gasteiger partial charge in [-0.15, -0.1) is 12.4 Å². The largest absolute Gasteiger partial charge is 0.349 e. The zero-order chi connectivity index (χ0) is 14.4. The normalized spacial score (nSPS) is 36.5. The summed E-state index contributed by atoms with van der Waals surface area (Å²) in [7, 11) is 0. The molecule has 120 valence electrons. The lowest BCUT2D eigenvalue weighted by atomic mass is 9.48. The summed E-state index contributed by atoms with van der Waals surface area (Å²) in [6.07, 6.45) is 11.7. The van der Waals surface area contributed by atoms with Gasteiger partial charge in [-0.1, -0.05) is 0 Å². The summed E-state index contributed by atoms with van der Waals surface area (Å²) in [5.41, 5.74) is 1.10. The van der Waals surface area contributed by atoms with Gasteiger partial charge in [0.2, 0.25) is 0 Å². The molecule has 0 aliphatic heterocycles. The summed E-state index contributed by atoms with van der Waals surface area (Å²) in [6.45, 7) is 2.23. The highest BCUT2D eigenvalue weighted by atomic mass is 35.5. The summed E-state index contributed by atoms with van der Waals surface area (Å²) in [6, 6.07) is 3.87. The highest BCUT2D eigenvalue weighted by Gasteiger charge is 2.53. The van der Waals surface area contributed by atoms with Crippen LogP contribution in [0.5, 0.6) is 0 Å². The number of carbonyl (C=O) groups excluding carboxylic acids is 1. The number of nitrogens with zero attached hydrogens (tertiary/aromatic N) is 1. The molecule has 4 aliphatic carbocycles. The molecule has 4 heteroatoms. The minimum atomic E-state index is 0. The second kappa shape index (κ2) is 5.84. The molecule has 0 spiro atoms. The van der Waals surface area contributed by atoms with Gasteiger partial charge in [0, 0.05) is 24.0 Å². The van der Waals surface area contributed by atoms with Crippen LogP contribution in [0.2, 0.25) is 0 Å². The van der Waals surface area contributed by atoms with Crippen LogP contribution in [0.25, 0.3) is 0 Å². The van der Waals surface area contributed by atoms with Gasteiger partial charge in [-0.25, -0.2) is 0 Å². The second-order valence-corrected chi connectivity index (χ2v) is 7.71. The maximum absolute atomic E-state index is 12.4. The monoisotopic (exact) mass is 320 g/mol. The lowest BCUT2D eigenvalue weighted by Gasteiger charge is -2.59. The topological polar surface area (TPSA) is 42.0 Å². The van der Waals surface area contributed by atoms with Crippen molar-refractivity contribution in [3.63, 3.8) is 0 Å². The lowest BCUT2D eigenvalue weighted by molar-refractivity contribution is -0.0688. The first-order valence-corrected chi connectivity index (χ1v) is 8.35. The van der Waals surface area contributed by atoms with Crippen LogP contribution in [0.4, 0.5) is 0 Å². The zero-order valence-corrected chi connectivity index (χ0v) is 13.9. The highest BCUT2D eigenvalue weighted by molar-refractivity contribution is 5.94. The smallest absolute Gasteiger partial charge is 0.251 e. The van der Waals surface area contributed by atoms with Gasteiger partial charge >= 0.3 is 0 Å². The van der Waals surface area contributed by atoms with Gasteiger partial charge in [0.05, 0.1) is 0 Å². The van der Waals surface area contributed by atoms with E-state index in [2.05, 4.69) is 17.2 Å². The molecule has 4 saturated carbocycles. The molecular weight excluding hydrogens is 296 g/mol. The first-order chi connectivity index (χ1) is 10.1. The molecule has 3 nitrogen and oxygen atoms in total. The Morgan fingerprint density at radius 2 is 1.64 bits per heavy atom. The number of hydrogen-bond acceptors (Lipinski definition) is 2. The van der Waals surface area contributed by atoms with E-state index in [4.69, 9.17) is 0 Å². The molecular formula is C18H25ClN2O. The van der Waals surface area contributed by atoms with Gasteiger partial charge in [0.15, 0.2) is 0 Å². The number of carbonyl (C=O) groups is 1. The predicted molar refractivity (Wildman–Crippen MR) is 89.0 cm³/mol. The third kappa shape index (κ3) is 2.64. The number of aromatic nitrogens is 1. The Hall–Kier alpha value is -1.09. The molecule has 1 aromatic rings. The summed E-state index contributed by atoms with van der Waals surface area (Å²) in [5, 5.41) is 3.29. The van der Waals surface area contributed by atoms with Crippen LogP contribution in [-0.4, -0.2) is 16.9 Å². The van der Waals surface area contributed by atoms with Crippen LogP contribution in [0.1, 0.15) is 55.8 Å². The van der Waals surface area contributed by atoms with Crippen molar-refractivity contribution in [2.45, 2.75) is 51.5 Å². The maximum Gasteiger partial charge on any atom is 0.251 e. The van der Waals surface area contributed by atoms with Gasteiger partial charge in [0.25, 0.3) is 5.91 Å². The van der Waals surface area contributed by atoms with Crippen LogP contribution in [0, 0.1) is 23.2 Å². The molecule has 22 heavy (non-hydrogen) atoms. The number of hydrogen-bond donors (Lipinski definition) is 1. The van der Waals surface area contributed by atoms with E-state index in [1.54, 1.807) is 24.5 Å². The number of amides is 1. The van der Waals surface area contributed by atoms with Gasteiger partial charge in [-0.3, -0.25) is 9.78 Å². The Bertz CT molecular complexity index is 510. The Morgan fingerprint density at radius 1 is 1.14 bits per heavy atom. The summed E-state index contributed by atoms with van der Waals surface area (Å²) < 4.78 is 0. The first-order valence-electron chi connectivity index (χ1n) is 8.35. The fourth-order valence-electron chi connectivity index (χ4n) is 5.64. The molecule has 1 N–H and O–H groups in total. The van der Waals surface area contributed by atoms with Crippen LogP contribution in [-0.2, 0) is 0 Å². The van der Waals surface area contributed by atoms with Crippen molar-refractivity contribution in [2.75, 3.05) is 0 Å². The molecule has 0 aromatic carbocycles. The van der Waals surface area contributed by atoms with Crippen molar-refractivity contribution < 1.29 is 4.79 Å². The maximum atomic E-state index is 12.4. The van der Waals surface area contributed by atoms with Gasteiger partial charge in [-0.2, -0.15) is 0 Å². The van der Waals surface area contributed by atoms with E-state index in [-0.39, 0.29) is 24.4 Å². The predicted octanol–water partition coefficient (Wildman–Crippen LogP) is 3.84. The number of halogens is 1. The van der Waals surface area contributed by atoms with E-state index < -0.39 is 0 Å². The molecule has 4 aliphatic rings. The molecule has 4 bridgehead atoms. The van der Waals surface area contributed by atoms with E-state index in [0.717, 1.165) is 23.3 Å². The SMILES string of the molecule is CC(NC(=O)c1ccncc1)C12CC3CC(CC(C3)C1)C2.Cl. The molecule has 1 unspecified atom stereocenters. The minimum Gasteiger partial charge on any atom is -0.349 e. The standard InChI is InChI=1S/C18H24N2O.ClH/c1-12(20-17(21)16-2-4-19-5-3-16)18-9-13-6-14(10-18)8-15(7-13)11-18;/h2-5,12-15H,6-11H2,1H3,(H,20,21);1H. The van der Waals surface area contributed by atoms with Crippen LogP contribution < -0.4 is 5.32 Å². The van der Waals surface area contributed by atoms with Gasteiger partial charge in [0.1, 0.15) is 0 Å². The molecule has 4 fully saturated rings. The third-order valence-electron chi connectivity index (χ3n) is 6.29. The molecule has 5 rings (SSSR count). The van der Waals surface area contributed by atoms with E-state index >= 15 is 0 Å². The average molecular weight is 321 g/mol. The fraction of sp³-hybridized carbons (Fsp3) is 0.667. The van der Waals surface area contributed by atoms with E-state index in [0.29, 0.717) is 5.41 Å². The van der Waals surface area contributed by atoms with Crippen molar-refractivity contribution in [1.82, 2.24) is 10.3 Å². The van der Waals surface area contributed by atoms with E-state index in [1.807, 2.05) is 0 Å². The summed E-state index contributed by atoms with van der Waals surface area (Å²) >= 11 is 0. The van der Waals surface area contributed by atoms with E-state index in [1.165, 1.54) is 38.5 Å². The first kappa shape index (κ1) is 15.8. The molecule has 1 aromatic heterocycles. The van der Waals surface area contributed by atoms with E-state index in [9.17, 15) is 4.79 Å². The Kier molecular flexibility index (Phi) is 4.19. The summed E-state index contributed by atoms with van der Waals surface area (Å²) in [5.74, 6) is 2.84. The second-order valence-electron chi connectivity index (χ2n) is 7.71.